The van der Waals surface area contributed by atoms with Gasteiger partial charge in [0.25, 0.3) is 11.8 Å². The van der Waals surface area contributed by atoms with E-state index in [0.717, 1.165) is 29.7 Å². The minimum absolute atomic E-state index is 0.00704. The SMILES string of the molecule is C[C@H]1CCc2c(sc(NC(=S)NC(=O)c3ccccc3F)c2C(N)=O)C1. The number of halogens is 1. The van der Waals surface area contributed by atoms with E-state index in [9.17, 15) is 14.0 Å². The molecule has 1 atom stereocenters. The third-order valence-electron chi connectivity index (χ3n) is 4.33. The molecule has 2 amide bonds. The fourth-order valence-corrected chi connectivity index (χ4v) is 4.73. The average Bonchev–Trinajstić information content (AvgIpc) is 2.91. The Labute approximate surface area is 159 Å². The molecule has 0 bridgehead atoms. The minimum Gasteiger partial charge on any atom is -0.365 e. The molecule has 1 aromatic heterocycles. The zero-order valence-corrected chi connectivity index (χ0v) is 15.7. The van der Waals surface area contributed by atoms with Gasteiger partial charge in [-0.25, -0.2) is 4.39 Å². The summed E-state index contributed by atoms with van der Waals surface area (Å²) in [6.45, 7) is 2.17. The maximum Gasteiger partial charge on any atom is 0.260 e. The highest BCUT2D eigenvalue weighted by Crippen LogP contribution is 2.39. The Morgan fingerprint density at radius 2 is 2.08 bits per heavy atom. The summed E-state index contributed by atoms with van der Waals surface area (Å²) in [7, 11) is 0. The number of hydrogen-bond donors (Lipinski definition) is 3. The largest absolute Gasteiger partial charge is 0.365 e. The second-order valence-corrected chi connectivity index (χ2v) is 7.82. The summed E-state index contributed by atoms with van der Waals surface area (Å²) in [5, 5.41) is 5.83. The Hall–Kier alpha value is -2.32. The van der Waals surface area contributed by atoms with Crippen LogP contribution in [0.3, 0.4) is 0 Å². The predicted molar refractivity (Wildman–Crippen MR) is 104 cm³/mol. The van der Waals surface area contributed by atoms with Gasteiger partial charge in [0.05, 0.1) is 11.1 Å². The second-order valence-electron chi connectivity index (χ2n) is 6.31. The van der Waals surface area contributed by atoms with Gasteiger partial charge >= 0.3 is 0 Å². The van der Waals surface area contributed by atoms with E-state index < -0.39 is 17.6 Å². The third-order valence-corrected chi connectivity index (χ3v) is 5.70. The number of primary amides is 1. The highest BCUT2D eigenvalue weighted by Gasteiger charge is 2.27. The number of benzene rings is 1. The van der Waals surface area contributed by atoms with Crippen LogP contribution in [0, 0.1) is 11.7 Å². The van der Waals surface area contributed by atoms with Crippen LogP contribution in [0.5, 0.6) is 0 Å². The summed E-state index contributed by atoms with van der Waals surface area (Å²) in [4.78, 5) is 25.2. The molecule has 0 saturated carbocycles. The van der Waals surface area contributed by atoms with E-state index in [2.05, 4.69) is 17.6 Å². The lowest BCUT2D eigenvalue weighted by molar-refractivity contribution is 0.0971. The Morgan fingerprint density at radius 1 is 1.35 bits per heavy atom. The monoisotopic (exact) mass is 391 g/mol. The molecule has 0 saturated heterocycles. The summed E-state index contributed by atoms with van der Waals surface area (Å²) < 4.78 is 13.7. The third kappa shape index (κ3) is 3.76. The van der Waals surface area contributed by atoms with Crippen LogP contribution in [0.4, 0.5) is 9.39 Å². The van der Waals surface area contributed by atoms with Gasteiger partial charge in [-0.15, -0.1) is 11.3 Å². The first kappa shape index (κ1) is 18.5. The molecule has 1 aromatic carbocycles. The van der Waals surface area contributed by atoms with E-state index >= 15 is 0 Å². The Morgan fingerprint density at radius 3 is 2.77 bits per heavy atom. The van der Waals surface area contributed by atoms with Gasteiger partial charge in [-0.3, -0.25) is 14.9 Å². The number of carbonyl (C=O) groups excluding carboxylic acids is 2. The van der Waals surface area contributed by atoms with Crippen molar-refractivity contribution in [1.82, 2.24) is 5.32 Å². The number of carbonyl (C=O) groups is 2. The number of rotatable bonds is 3. The fourth-order valence-electron chi connectivity index (χ4n) is 3.05. The van der Waals surface area contributed by atoms with Gasteiger partial charge < -0.3 is 11.1 Å². The van der Waals surface area contributed by atoms with Crippen LogP contribution in [0.1, 0.15) is 44.5 Å². The molecular weight excluding hydrogens is 373 g/mol. The summed E-state index contributed by atoms with van der Waals surface area (Å²) in [6, 6.07) is 5.63. The quantitative estimate of drug-likeness (QED) is 0.702. The summed E-state index contributed by atoms with van der Waals surface area (Å²) in [5.41, 5.74) is 6.84. The number of anilines is 1. The lowest BCUT2D eigenvalue weighted by Crippen LogP contribution is -2.34. The molecule has 2 aromatic rings. The number of fused-ring (bicyclic) bond motifs is 1. The van der Waals surface area contributed by atoms with Crippen LogP contribution in [0.2, 0.25) is 0 Å². The van der Waals surface area contributed by atoms with Crippen molar-refractivity contribution in [1.29, 1.82) is 0 Å². The maximum atomic E-state index is 13.7. The molecule has 26 heavy (non-hydrogen) atoms. The van der Waals surface area contributed by atoms with Gasteiger partial charge in [0, 0.05) is 4.88 Å². The van der Waals surface area contributed by atoms with Gasteiger partial charge in [0.2, 0.25) is 0 Å². The topological polar surface area (TPSA) is 84.2 Å². The molecule has 0 unspecified atom stereocenters. The van der Waals surface area contributed by atoms with E-state index in [-0.39, 0.29) is 10.7 Å². The maximum absolute atomic E-state index is 13.7. The molecule has 1 aliphatic rings. The van der Waals surface area contributed by atoms with Crippen molar-refractivity contribution in [2.45, 2.75) is 26.2 Å². The Balaban J connectivity index is 1.78. The van der Waals surface area contributed by atoms with Crippen molar-refractivity contribution in [2.24, 2.45) is 11.7 Å². The van der Waals surface area contributed by atoms with E-state index in [1.54, 1.807) is 6.07 Å². The average molecular weight is 391 g/mol. The fraction of sp³-hybridized carbons (Fsp3) is 0.278. The van der Waals surface area contributed by atoms with Crippen LogP contribution in [-0.2, 0) is 12.8 Å². The van der Waals surface area contributed by atoms with Crippen LogP contribution >= 0.6 is 23.6 Å². The number of hydrogen-bond acceptors (Lipinski definition) is 4. The van der Waals surface area contributed by atoms with Crippen molar-refractivity contribution in [3.05, 3.63) is 51.7 Å². The van der Waals surface area contributed by atoms with Crippen molar-refractivity contribution in [2.75, 3.05) is 5.32 Å². The van der Waals surface area contributed by atoms with E-state index in [4.69, 9.17) is 18.0 Å². The molecule has 0 spiro atoms. The molecule has 3 rings (SSSR count). The molecular formula is C18H18FN3O2S2. The standard InChI is InChI=1S/C18H18FN3O2S2/c1-9-6-7-11-13(8-9)26-17(14(11)15(20)23)22-18(25)21-16(24)10-4-2-3-5-12(10)19/h2-5,9H,6-8H2,1H3,(H2,20,23)(H2,21,22,24,25)/t9-/m0/s1. The Bertz CT molecular complexity index is 895. The lowest BCUT2D eigenvalue weighted by atomic mass is 9.88. The first-order chi connectivity index (χ1) is 12.4. The van der Waals surface area contributed by atoms with Gasteiger partial charge in [0.15, 0.2) is 5.11 Å². The molecule has 136 valence electrons. The number of nitrogens with one attached hydrogen (secondary N) is 2. The molecule has 0 radical (unpaired) electrons. The number of thiocarbonyl (C=S) groups is 1. The van der Waals surface area contributed by atoms with Crippen LogP contribution in [-0.4, -0.2) is 16.9 Å². The predicted octanol–water partition coefficient (Wildman–Crippen LogP) is 3.24. The molecule has 0 fully saturated rings. The molecule has 1 aliphatic carbocycles. The number of amides is 2. The van der Waals surface area contributed by atoms with Crippen LogP contribution in [0.25, 0.3) is 0 Å². The smallest absolute Gasteiger partial charge is 0.260 e. The van der Waals surface area contributed by atoms with Gasteiger partial charge in [-0.05, 0) is 55.1 Å². The molecule has 0 aliphatic heterocycles. The van der Waals surface area contributed by atoms with Gasteiger partial charge in [-0.2, -0.15) is 0 Å². The first-order valence-electron chi connectivity index (χ1n) is 8.18. The van der Waals surface area contributed by atoms with Gasteiger partial charge in [0.1, 0.15) is 10.8 Å². The lowest BCUT2D eigenvalue weighted by Gasteiger charge is -2.18. The first-order valence-corrected chi connectivity index (χ1v) is 9.40. The van der Waals surface area contributed by atoms with Crippen molar-refractivity contribution in [3.8, 4) is 0 Å². The number of nitrogens with two attached hydrogens (primary N) is 1. The normalized spacial score (nSPS) is 15.8. The summed E-state index contributed by atoms with van der Waals surface area (Å²) in [6.07, 6.45) is 2.68. The molecule has 1 heterocycles. The Kier molecular flexibility index (Phi) is 5.33. The number of thiophene rings is 1. The molecule has 8 heteroatoms. The van der Waals surface area contributed by atoms with Gasteiger partial charge in [-0.1, -0.05) is 19.1 Å². The summed E-state index contributed by atoms with van der Waals surface area (Å²) >= 11 is 6.58. The molecule has 4 N–H and O–H groups in total. The van der Waals surface area contributed by atoms with Crippen molar-refractivity contribution >= 4 is 45.5 Å². The zero-order valence-electron chi connectivity index (χ0n) is 14.1. The van der Waals surface area contributed by atoms with Crippen molar-refractivity contribution in [3.63, 3.8) is 0 Å². The van der Waals surface area contributed by atoms with Crippen LogP contribution < -0.4 is 16.4 Å². The minimum atomic E-state index is -0.656. The van der Waals surface area contributed by atoms with E-state index in [1.165, 1.54) is 29.5 Å². The van der Waals surface area contributed by atoms with Crippen LogP contribution in [0.15, 0.2) is 24.3 Å². The van der Waals surface area contributed by atoms with E-state index in [1.807, 2.05) is 0 Å². The highest BCUT2D eigenvalue weighted by molar-refractivity contribution is 7.80. The second kappa shape index (κ2) is 7.51. The summed E-state index contributed by atoms with van der Waals surface area (Å²) in [5.74, 6) is -1.27. The van der Waals surface area contributed by atoms with Crippen molar-refractivity contribution < 1.29 is 14.0 Å². The molecule has 5 nitrogen and oxygen atoms in total. The van der Waals surface area contributed by atoms with E-state index in [0.29, 0.717) is 16.5 Å². The zero-order chi connectivity index (χ0) is 18.8. The highest BCUT2D eigenvalue weighted by atomic mass is 32.1.